The molecule has 1 aromatic heterocycles. The summed E-state index contributed by atoms with van der Waals surface area (Å²) >= 11 is 0. The first-order valence-electron chi connectivity index (χ1n) is 7.59. The van der Waals surface area contributed by atoms with Gasteiger partial charge in [0.25, 0.3) is 0 Å². The van der Waals surface area contributed by atoms with Gasteiger partial charge in [-0.05, 0) is 32.7 Å². The van der Waals surface area contributed by atoms with Crippen molar-refractivity contribution in [1.29, 1.82) is 0 Å². The van der Waals surface area contributed by atoms with Crippen LogP contribution >= 0.6 is 7.82 Å². The number of phosphoric ester groups is 1. The summed E-state index contributed by atoms with van der Waals surface area (Å²) in [4.78, 5) is 33.2. The summed E-state index contributed by atoms with van der Waals surface area (Å²) < 4.78 is 15.3. The predicted molar refractivity (Wildman–Crippen MR) is 88.6 cm³/mol. The lowest BCUT2D eigenvalue weighted by atomic mass is 9.85. The fraction of sp³-hybridized carbons (Fsp3) is 0.571. The number of carbonyl (C=O) groups is 1. The number of aryl methyl sites for hydroxylation is 1. The Hall–Kier alpha value is -1.55. The molecule has 0 spiro atoms. The Balaban J connectivity index is 3.17. The maximum absolute atomic E-state index is 11.6. The maximum Gasteiger partial charge on any atom is 0.469 e. The number of aromatic hydroxyl groups is 1. The molecule has 1 heterocycles. The van der Waals surface area contributed by atoms with Crippen LogP contribution < -0.4 is 11.5 Å². The molecule has 1 aromatic rings. The van der Waals surface area contributed by atoms with Gasteiger partial charge in [-0.1, -0.05) is 0 Å². The van der Waals surface area contributed by atoms with Crippen molar-refractivity contribution in [2.24, 2.45) is 11.5 Å². The number of rotatable bonds is 10. The minimum atomic E-state index is -4.74. The lowest BCUT2D eigenvalue weighted by Crippen LogP contribution is -2.50. The molecule has 0 amide bonds. The lowest BCUT2D eigenvalue weighted by Gasteiger charge is -2.26. The highest BCUT2D eigenvalue weighted by atomic mass is 31.2. The summed E-state index contributed by atoms with van der Waals surface area (Å²) in [5.74, 6) is -1.53. The van der Waals surface area contributed by atoms with Gasteiger partial charge >= 0.3 is 13.8 Å². The van der Waals surface area contributed by atoms with Gasteiger partial charge < -0.3 is 31.5 Å². The molecule has 0 unspecified atom stereocenters. The van der Waals surface area contributed by atoms with Gasteiger partial charge in [-0.15, -0.1) is 0 Å². The highest BCUT2D eigenvalue weighted by Crippen LogP contribution is 2.38. The first kappa shape index (κ1) is 21.5. The van der Waals surface area contributed by atoms with Crippen molar-refractivity contribution in [3.05, 3.63) is 23.0 Å². The molecular weight excluding hydrogens is 353 g/mol. The van der Waals surface area contributed by atoms with E-state index in [0.29, 0.717) is 19.4 Å². The van der Waals surface area contributed by atoms with E-state index in [4.69, 9.17) is 21.3 Å². The maximum atomic E-state index is 11.6. The number of aromatic nitrogens is 1. The summed E-state index contributed by atoms with van der Waals surface area (Å²) in [7, 11) is -4.74. The molecule has 0 aliphatic rings. The monoisotopic (exact) mass is 377 g/mol. The highest BCUT2D eigenvalue weighted by Gasteiger charge is 2.35. The Morgan fingerprint density at radius 3 is 2.56 bits per heavy atom. The molecule has 8 N–H and O–H groups in total. The summed E-state index contributed by atoms with van der Waals surface area (Å²) in [6.07, 6.45) is 2.23. The lowest BCUT2D eigenvalue weighted by molar-refractivity contribution is -0.143. The van der Waals surface area contributed by atoms with Crippen LogP contribution in [0.4, 0.5) is 0 Å². The third-order valence-corrected chi connectivity index (χ3v) is 4.28. The van der Waals surface area contributed by atoms with Gasteiger partial charge in [0.2, 0.25) is 0 Å². The minimum Gasteiger partial charge on any atom is -0.506 e. The topological polar surface area (TPSA) is 189 Å². The second-order valence-corrected chi connectivity index (χ2v) is 7.08. The van der Waals surface area contributed by atoms with Crippen LogP contribution in [0.3, 0.4) is 0 Å². The van der Waals surface area contributed by atoms with Crippen molar-refractivity contribution in [1.82, 2.24) is 4.98 Å². The number of phosphoric acid groups is 1. The van der Waals surface area contributed by atoms with Gasteiger partial charge in [-0.3, -0.25) is 14.3 Å². The van der Waals surface area contributed by atoms with Crippen LogP contribution in [0.2, 0.25) is 0 Å². The molecular formula is C14H24N3O7P. The summed E-state index contributed by atoms with van der Waals surface area (Å²) in [6, 6.07) is 0. The Morgan fingerprint density at radius 2 is 2.04 bits per heavy atom. The average Bonchev–Trinajstić information content (AvgIpc) is 2.50. The van der Waals surface area contributed by atoms with Gasteiger partial charge in [0.1, 0.15) is 11.3 Å². The van der Waals surface area contributed by atoms with E-state index in [9.17, 15) is 19.6 Å². The van der Waals surface area contributed by atoms with Crippen LogP contribution in [0.25, 0.3) is 0 Å². The third-order valence-electron chi connectivity index (χ3n) is 3.81. The van der Waals surface area contributed by atoms with Crippen molar-refractivity contribution in [3.63, 3.8) is 0 Å². The molecule has 0 radical (unpaired) electrons. The Bertz CT molecular complexity index is 664. The van der Waals surface area contributed by atoms with E-state index in [2.05, 4.69) is 9.51 Å². The molecule has 25 heavy (non-hydrogen) atoms. The van der Waals surface area contributed by atoms with E-state index < -0.39 is 25.9 Å². The molecule has 0 aliphatic heterocycles. The van der Waals surface area contributed by atoms with Gasteiger partial charge in [0.15, 0.2) is 0 Å². The number of pyridine rings is 1. The fourth-order valence-corrected chi connectivity index (χ4v) is 2.64. The van der Waals surface area contributed by atoms with E-state index in [1.54, 1.807) is 0 Å². The number of nitrogens with two attached hydrogens (primary N) is 2. The Kier molecular flexibility index (Phi) is 7.48. The largest absolute Gasteiger partial charge is 0.506 e. The van der Waals surface area contributed by atoms with E-state index in [1.807, 2.05) is 0 Å². The van der Waals surface area contributed by atoms with Crippen molar-refractivity contribution in [2.75, 3.05) is 6.54 Å². The number of unbranched alkanes of at least 4 members (excludes halogenated alkanes) is 1. The van der Waals surface area contributed by atoms with Crippen molar-refractivity contribution in [3.8, 4) is 5.75 Å². The molecule has 1 rings (SSSR count). The fourth-order valence-electron chi connectivity index (χ4n) is 2.33. The molecule has 0 fully saturated rings. The quantitative estimate of drug-likeness (QED) is 0.242. The third kappa shape index (κ3) is 6.35. The molecule has 11 heteroatoms. The zero-order chi connectivity index (χ0) is 19.3. The van der Waals surface area contributed by atoms with Crippen molar-refractivity contribution >= 4 is 13.8 Å². The summed E-state index contributed by atoms with van der Waals surface area (Å²) in [5, 5.41) is 19.7. The van der Waals surface area contributed by atoms with E-state index >= 15 is 0 Å². The van der Waals surface area contributed by atoms with Crippen LogP contribution in [0, 0.1) is 6.92 Å². The van der Waals surface area contributed by atoms with E-state index in [0.717, 1.165) is 0 Å². The van der Waals surface area contributed by atoms with Crippen molar-refractivity contribution in [2.45, 2.75) is 44.8 Å². The predicted octanol–water partition coefficient (Wildman–Crippen LogP) is 0.159. The van der Waals surface area contributed by atoms with Gasteiger partial charge in [-0.2, -0.15) is 0 Å². The smallest absolute Gasteiger partial charge is 0.469 e. The molecule has 0 aliphatic carbocycles. The van der Waals surface area contributed by atoms with Crippen LogP contribution in [0.1, 0.15) is 36.1 Å². The van der Waals surface area contributed by atoms with Crippen LogP contribution in [-0.2, 0) is 26.9 Å². The molecule has 0 saturated carbocycles. The van der Waals surface area contributed by atoms with E-state index in [1.165, 1.54) is 13.1 Å². The van der Waals surface area contributed by atoms with Gasteiger partial charge in [-0.25, -0.2) is 4.57 Å². The standard InChI is InChI=1S/C14H24N3O7P/c1-9-12(18)11(10(7-17-9)8-24-25(21,22)23)6-14(16,13(19)20)4-2-3-5-15/h7,18H,2-6,8,15-16H2,1H3,(H,19,20)(H2,21,22,23)/t14-/m1/s1. The number of hydrogen-bond donors (Lipinski definition) is 6. The molecule has 142 valence electrons. The Morgan fingerprint density at radius 1 is 1.40 bits per heavy atom. The first-order chi connectivity index (χ1) is 11.5. The Labute approximate surface area is 145 Å². The number of aliphatic carboxylic acids is 1. The second-order valence-electron chi connectivity index (χ2n) is 5.84. The van der Waals surface area contributed by atoms with Gasteiger partial charge in [0.05, 0.1) is 12.3 Å². The first-order valence-corrected chi connectivity index (χ1v) is 9.12. The molecule has 10 nitrogen and oxygen atoms in total. The minimum absolute atomic E-state index is 0.124. The number of carboxylic acids is 1. The van der Waals surface area contributed by atoms with Crippen molar-refractivity contribution < 1.29 is 33.9 Å². The summed E-state index contributed by atoms with van der Waals surface area (Å²) in [5.41, 5.74) is 10.3. The van der Waals surface area contributed by atoms with E-state index in [-0.39, 0.29) is 35.4 Å². The molecule has 0 bridgehead atoms. The highest BCUT2D eigenvalue weighted by molar-refractivity contribution is 7.46. The zero-order valence-corrected chi connectivity index (χ0v) is 14.8. The summed E-state index contributed by atoms with van der Waals surface area (Å²) in [6.45, 7) is 1.37. The molecule has 0 saturated heterocycles. The average molecular weight is 377 g/mol. The zero-order valence-electron chi connectivity index (χ0n) is 13.9. The normalized spacial score (nSPS) is 14.3. The van der Waals surface area contributed by atoms with Gasteiger partial charge in [0, 0.05) is 23.7 Å². The molecule has 0 aromatic carbocycles. The van der Waals surface area contributed by atoms with Crippen LogP contribution in [0.5, 0.6) is 5.75 Å². The number of carboxylic acid groups (broad SMARTS) is 1. The number of hydrogen-bond acceptors (Lipinski definition) is 7. The molecule has 1 atom stereocenters. The SMILES string of the molecule is Cc1ncc(COP(=O)(O)O)c(C[C@](N)(CCCCN)C(=O)O)c1O. The van der Waals surface area contributed by atoms with Crippen LogP contribution in [0.15, 0.2) is 6.20 Å². The van der Waals surface area contributed by atoms with Crippen LogP contribution in [-0.4, -0.2) is 43.0 Å². The number of nitrogens with zero attached hydrogens (tertiary/aromatic N) is 1. The second kappa shape index (κ2) is 8.70.